The van der Waals surface area contributed by atoms with E-state index in [0.29, 0.717) is 17.0 Å². The second-order valence-corrected chi connectivity index (χ2v) is 7.76. The standard InChI is InChI=1S/C21H26N4O4/c1-21(2,3)16-7-9-17(10-8-16)29-14-20(26)23-22-13-15-6-11-18(24(4)5)19(12-15)25(27)28/h6-13H,14H2,1-5H3,(H,23,26)/b22-13-. The topological polar surface area (TPSA) is 97.1 Å². The van der Waals surface area contributed by atoms with Crippen LogP contribution in [0.15, 0.2) is 47.6 Å². The summed E-state index contributed by atoms with van der Waals surface area (Å²) in [4.78, 5) is 24.3. The van der Waals surface area contributed by atoms with Crippen molar-refractivity contribution in [2.24, 2.45) is 5.10 Å². The molecular formula is C21H26N4O4. The Bertz CT molecular complexity index is 900. The van der Waals surface area contributed by atoms with E-state index < -0.39 is 10.8 Å². The number of benzene rings is 2. The zero-order valence-corrected chi connectivity index (χ0v) is 17.3. The first-order valence-corrected chi connectivity index (χ1v) is 9.09. The Morgan fingerprint density at radius 2 is 1.86 bits per heavy atom. The first-order valence-electron chi connectivity index (χ1n) is 9.09. The highest BCUT2D eigenvalue weighted by molar-refractivity contribution is 5.85. The molecule has 0 fully saturated rings. The lowest BCUT2D eigenvalue weighted by Gasteiger charge is -2.19. The first kappa shape index (κ1) is 21.9. The maximum absolute atomic E-state index is 11.9. The number of hydrazone groups is 1. The number of hydrogen-bond donors (Lipinski definition) is 1. The Balaban J connectivity index is 1.91. The zero-order valence-electron chi connectivity index (χ0n) is 17.3. The number of nitrogens with one attached hydrogen (secondary N) is 1. The summed E-state index contributed by atoms with van der Waals surface area (Å²) in [5.41, 5.74) is 4.52. The van der Waals surface area contributed by atoms with Crippen LogP contribution in [0.1, 0.15) is 31.9 Å². The van der Waals surface area contributed by atoms with Gasteiger partial charge >= 0.3 is 0 Å². The molecule has 0 aliphatic rings. The van der Waals surface area contributed by atoms with E-state index in [1.54, 1.807) is 31.1 Å². The average Bonchev–Trinajstić information content (AvgIpc) is 2.65. The number of nitro groups is 1. The fourth-order valence-electron chi connectivity index (χ4n) is 2.56. The summed E-state index contributed by atoms with van der Waals surface area (Å²) >= 11 is 0. The van der Waals surface area contributed by atoms with Gasteiger partial charge in [0.15, 0.2) is 6.61 Å². The third kappa shape index (κ3) is 6.31. The minimum Gasteiger partial charge on any atom is -0.484 e. The number of rotatable bonds is 7. The maximum atomic E-state index is 11.9. The monoisotopic (exact) mass is 398 g/mol. The Kier molecular flexibility index (Phi) is 6.93. The number of anilines is 1. The van der Waals surface area contributed by atoms with Crippen LogP contribution in [0.25, 0.3) is 0 Å². The van der Waals surface area contributed by atoms with Crippen LogP contribution in [0.2, 0.25) is 0 Å². The number of amides is 1. The van der Waals surface area contributed by atoms with Gasteiger partial charge in [-0.05, 0) is 29.2 Å². The maximum Gasteiger partial charge on any atom is 0.293 e. The number of carbonyl (C=O) groups is 1. The summed E-state index contributed by atoms with van der Waals surface area (Å²) in [5.74, 6) is 0.160. The molecule has 2 aromatic carbocycles. The molecule has 0 atom stereocenters. The van der Waals surface area contributed by atoms with Gasteiger partial charge in [-0.3, -0.25) is 14.9 Å². The van der Waals surface area contributed by atoms with Gasteiger partial charge in [0.1, 0.15) is 11.4 Å². The van der Waals surface area contributed by atoms with E-state index in [4.69, 9.17) is 4.74 Å². The van der Waals surface area contributed by atoms with Crippen molar-refractivity contribution in [1.82, 2.24) is 5.43 Å². The molecule has 0 bridgehead atoms. The fourth-order valence-corrected chi connectivity index (χ4v) is 2.56. The van der Waals surface area contributed by atoms with Gasteiger partial charge in [0.25, 0.3) is 11.6 Å². The highest BCUT2D eigenvalue weighted by Gasteiger charge is 2.16. The molecule has 0 radical (unpaired) electrons. The lowest BCUT2D eigenvalue weighted by Crippen LogP contribution is -2.24. The van der Waals surface area contributed by atoms with E-state index in [1.165, 1.54) is 17.8 Å². The van der Waals surface area contributed by atoms with Gasteiger partial charge in [-0.2, -0.15) is 5.10 Å². The smallest absolute Gasteiger partial charge is 0.293 e. The molecule has 0 aromatic heterocycles. The van der Waals surface area contributed by atoms with Crippen molar-refractivity contribution in [3.8, 4) is 5.75 Å². The van der Waals surface area contributed by atoms with Gasteiger partial charge in [0.05, 0.1) is 11.1 Å². The minimum absolute atomic E-state index is 0.0349. The van der Waals surface area contributed by atoms with Gasteiger partial charge < -0.3 is 9.64 Å². The summed E-state index contributed by atoms with van der Waals surface area (Å²) in [6.45, 7) is 6.18. The SMILES string of the molecule is CN(C)c1ccc(/C=N\NC(=O)COc2ccc(C(C)(C)C)cc2)cc1[N+](=O)[O-]. The summed E-state index contributed by atoms with van der Waals surface area (Å²) in [6, 6.07) is 12.3. The second kappa shape index (κ2) is 9.18. The van der Waals surface area contributed by atoms with Crippen molar-refractivity contribution >= 4 is 23.5 Å². The van der Waals surface area contributed by atoms with E-state index in [-0.39, 0.29) is 17.7 Å². The molecule has 0 saturated heterocycles. The van der Waals surface area contributed by atoms with Crippen LogP contribution >= 0.6 is 0 Å². The molecule has 154 valence electrons. The quantitative estimate of drug-likeness (QED) is 0.437. The van der Waals surface area contributed by atoms with Crippen LogP contribution in [0.5, 0.6) is 5.75 Å². The Hall–Kier alpha value is -3.42. The molecule has 0 aliphatic carbocycles. The van der Waals surface area contributed by atoms with E-state index >= 15 is 0 Å². The summed E-state index contributed by atoms with van der Waals surface area (Å²) in [7, 11) is 3.46. The molecule has 2 rings (SSSR count). The average molecular weight is 398 g/mol. The Labute approximate surface area is 170 Å². The zero-order chi connectivity index (χ0) is 21.6. The molecule has 0 saturated carbocycles. The van der Waals surface area contributed by atoms with Gasteiger partial charge in [-0.15, -0.1) is 0 Å². The van der Waals surface area contributed by atoms with Crippen LogP contribution in [-0.4, -0.2) is 37.7 Å². The third-order valence-electron chi connectivity index (χ3n) is 4.17. The lowest BCUT2D eigenvalue weighted by atomic mass is 9.87. The van der Waals surface area contributed by atoms with Crippen LogP contribution in [0.3, 0.4) is 0 Å². The van der Waals surface area contributed by atoms with Crippen molar-refractivity contribution in [3.05, 3.63) is 63.7 Å². The number of hydrogen-bond acceptors (Lipinski definition) is 6. The third-order valence-corrected chi connectivity index (χ3v) is 4.17. The number of carbonyl (C=O) groups excluding carboxylic acids is 1. The van der Waals surface area contributed by atoms with Crippen LogP contribution in [-0.2, 0) is 10.2 Å². The van der Waals surface area contributed by atoms with E-state index in [9.17, 15) is 14.9 Å². The van der Waals surface area contributed by atoms with Gasteiger partial charge in [-0.1, -0.05) is 39.0 Å². The van der Waals surface area contributed by atoms with Gasteiger partial charge in [0, 0.05) is 25.7 Å². The van der Waals surface area contributed by atoms with E-state index in [0.717, 1.165) is 0 Å². The Morgan fingerprint density at radius 1 is 1.21 bits per heavy atom. The lowest BCUT2D eigenvalue weighted by molar-refractivity contribution is -0.384. The largest absolute Gasteiger partial charge is 0.484 e. The molecule has 29 heavy (non-hydrogen) atoms. The molecule has 1 N–H and O–H groups in total. The minimum atomic E-state index is -0.454. The molecule has 0 aliphatic heterocycles. The van der Waals surface area contributed by atoms with E-state index in [2.05, 4.69) is 31.3 Å². The Morgan fingerprint density at radius 3 is 2.41 bits per heavy atom. The molecule has 8 heteroatoms. The second-order valence-electron chi connectivity index (χ2n) is 7.76. The normalized spacial score (nSPS) is 11.3. The molecule has 2 aromatic rings. The van der Waals surface area contributed by atoms with Crippen molar-refractivity contribution < 1.29 is 14.5 Å². The van der Waals surface area contributed by atoms with Crippen LogP contribution in [0.4, 0.5) is 11.4 Å². The van der Waals surface area contributed by atoms with Crippen molar-refractivity contribution in [3.63, 3.8) is 0 Å². The number of nitro benzene ring substituents is 1. The molecule has 0 unspecified atom stereocenters. The molecule has 0 spiro atoms. The number of ether oxygens (including phenoxy) is 1. The predicted molar refractivity (Wildman–Crippen MR) is 114 cm³/mol. The predicted octanol–water partition coefficient (Wildman–Crippen LogP) is 3.49. The van der Waals surface area contributed by atoms with Crippen molar-refractivity contribution in [2.45, 2.75) is 26.2 Å². The molecule has 8 nitrogen and oxygen atoms in total. The van der Waals surface area contributed by atoms with Gasteiger partial charge in [-0.25, -0.2) is 5.43 Å². The molecule has 0 heterocycles. The first-order chi connectivity index (χ1) is 13.6. The molecular weight excluding hydrogens is 372 g/mol. The van der Waals surface area contributed by atoms with Crippen LogP contribution in [0, 0.1) is 10.1 Å². The van der Waals surface area contributed by atoms with Gasteiger partial charge in [0.2, 0.25) is 0 Å². The van der Waals surface area contributed by atoms with E-state index in [1.807, 2.05) is 24.3 Å². The highest BCUT2D eigenvalue weighted by atomic mass is 16.6. The molecule has 1 amide bonds. The summed E-state index contributed by atoms with van der Waals surface area (Å²) in [5, 5.41) is 15.0. The summed E-state index contributed by atoms with van der Waals surface area (Å²) in [6.07, 6.45) is 1.35. The number of nitrogens with zero attached hydrogens (tertiary/aromatic N) is 3. The fraction of sp³-hybridized carbons (Fsp3) is 0.333. The summed E-state index contributed by atoms with van der Waals surface area (Å²) < 4.78 is 5.45. The van der Waals surface area contributed by atoms with Crippen molar-refractivity contribution in [2.75, 3.05) is 25.6 Å². The van der Waals surface area contributed by atoms with Crippen LogP contribution < -0.4 is 15.1 Å². The highest BCUT2D eigenvalue weighted by Crippen LogP contribution is 2.27. The van der Waals surface area contributed by atoms with Crippen molar-refractivity contribution in [1.29, 1.82) is 0 Å².